The van der Waals surface area contributed by atoms with Gasteiger partial charge in [-0.3, -0.25) is 4.79 Å². The van der Waals surface area contributed by atoms with E-state index in [0.29, 0.717) is 0 Å². The van der Waals surface area contributed by atoms with E-state index in [2.05, 4.69) is 0 Å². The summed E-state index contributed by atoms with van der Waals surface area (Å²) in [4.78, 5) is 24.2. The van der Waals surface area contributed by atoms with Gasteiger partial charge in [-0.15, -0.1) is 0 Å². The molecule has 0 spiro atoms. The smallest absolute Gasteiger partial charge is 0.336 e. The number of carboxylic acid groups (broad SMARTS) is 1. The molecule has 5 nitrogen and oxygen atoms in total. The molecule has 1 saturated heterocycles. The minimum atomic E-state index is -1.12. The highest BCUT2D eigenvalue weighted by Gasteiger charge is 2.31. The number of aromatic carboxylic acids is 1. The van der Waals surface area contributed by atoms with E-state index in [0.717, 1.165) is 0 Å². The van der Waals surface area contributed by atoms with Crippen molar-refractivity contribution in [3.8, 4) is 0 Å². The monoisotopic (exact) mass is 221 g/mol. The summed E-state index contributed by atoms with van der Waals surface area (Å²) in [6.45, 7) is 0.541. The van der Waals surface area contributed by atoms with Crippen LogP contribution in [0.2, 0.25) is 0 Å². The third-order valence-corrected chi connectivity index (χ3v) is 2.54. The van der Waals surface area contributed by atoms with E-state index in [1.807, 2.05) is 0 Å². The first-order chi connectivity index (χ1) is 7.59. The van der Waals surface area contributed by atoms with Crippen molar-refractivity contribution in [1.82, 2.24) is 4.90 Å². The zero-order valence-electron chi connectivity index (χ0n) is 8.46. The van der Waals surface area contributed by atoms with Crippen LogP contribution in [0.15, 0.2) is 24.3 Å². The van der Waals surface area contributed by atoms with Gasteiger partial charge in [-0.05, 0) is 12.1 Å². The van der Waals surface area contributed by atoms with E-state index in [-0.39, 0.29) is 30.1 Å². The van der Waals surface area contributed by atoms with Crippen molar-refractivity contribution in [3.63, 3.8) is 0 Å². The molecule has 5 heteroatoms. The van der Waals surface area contributed by atoms with Gasteiger partial charge < -0.3 is 15.1 Å². The van der Waals surface area contributed by atoms with Crippen LogP contribution in [0, 0.1) is 0 Å². The first kappa shape index (κ1) is 10.6. The van der Waals surface area contributed by atoms with E-state index in [9.17, 15) is 9.59 Å². The van der Waals surface area contributed by atoms with Crippen molar-refractivity contribution in [2.75, 3.05) is 13.1 Å². The van der Waals surface area contributed by atoms with Crippen LogP contribution in [0.5, 0.6) is 0 Å². The molecule has 1 amide bonds. The average molecular weight is 221 g/mol. The summed E-state index contributed by atoms with van der Waals surface area (Å²) >= 11 is 0. The molecule has 0 aromatic heterocycles. The largest absolute Gasteiger partial charge is 0.478 e. The molecule has 0 atom stereocenters. The Bertz CT molecular complexity index is 437. The fourth-order valence-electron chi connectivity index (χ4n) is 1.65. The van der Waals surface area contributed by atoms with Crippen molar-refractivity contribution in [2.45, 2.75) is 6.10 Å². The molecule has 0 unspecified atom stereocenters. The summed E-state index contributed by atoms with van der Waals surface area (Å²) in [5.74, 6) is -1.46. The zero-order valence-corrected chi connectivity index (χ0v) is 8.46. The molecule has 16 heavy (non-hydrogen) atoms. The molecule has 2 N–H and O–H groups in total. The molecular weight excluding hydrogens is 210 g/mol. The topological polar surface area (TPSA) is 77.8 Å². The number of likely N-dealkylation sites (tertiary alicyclic amines) is 1. The lowest BCUT2D eigenvalue weighted by Crippen LogP contribution is -2.53. The average Bonchev–Trinajstić information content (AvgIpc) is 2.24. The van der Waals surface area contributed by atoms with Crippen LogP contribution in [0.4, 0.5) is 0 Å². The Kier molecular flexibility index (Phi) is 2.62. The van der Waals surface area contributed by atoms with Crippen molar-refractivity contribution >= 4 is 11.9 Å². The second-order valence-electron chi connectivity index (χ2n) is 3.71. The summed E-state index contributed by atoms with van der Waals surface area (Å²) in [5, 5.41) is 18.0. The molecule has 0 saturated carbocycles. The number of aliphatic hydroxyl groups excluding tert-OH is 1. The van der Waals surface area contributed by atoms with Gasteiger partial charge in [0.1, 0.15) is 0 Å². The maximum Gasteiger partial charge on any atom is 0.336 e. The van der Waals surface area contributed by atoms with Crippen molar-refractivity contribution in [2.24, 2.45) is 0 Å². The van der Waals surface area contributed by atoms with Gasteiger partial charge in [0.25, 0.3) is 5.91 Å². The molecule has 1 heterocycles. The summed E-state index contributed by atoms with van der Waals surface area (Å²) in [7, 11) is 0. The van der Waals surface area contributed by atoms with Crippen LogP contribution in [0.25, 0.3) is 0 Å². The van der Waals surface area contributed by atoms with Crippen molar-refractivity contribution in [3.05, 3.63) is 35.4 Å². The lowest BCUT2D eigenvalue weighted by atomic mass is 10.0. The number of carboxylic acids is 1. The fraction of sp³-hybridized carbons (Fsp3) is 0.273. The molecule has 1 aliphatic heterocycles. The number of aliphatic hydroxyl groups is 1. The van der Waals surface area contributed by atoms with Crippen molar-refractivity contribution in [1.29, 1.82) is 0 Å². The van der Waals surface area contributed by atoms with E-state index in [1.54, 1.807) is 12.1 Å². The standard InChI is InChI=1S/C11H11NO4/c13-7-5-12(6-7)10(14)8-3-1-2-4-9(8)11(15)16/h1-4,7,13H,5-6H2,(H,15,16). The molecule has 1 aromatic rings. The third kappa shape index (κ3) is 1.77. The number of β-amino-alcohol motifs (C(OH)–C–C–N with tert-alkyl or cyclic N) is 1. The van der Waals surface area contributed by atoms with Crippen LogP contribution in [0.3, 0.4) is 0 Å². The number of hydrogen-bond acceptors (Lipinski definition) is 3. The number of rotatable bonds is 2. The van der Waals surface area contributed by atoms with Gasteiger partial charge in [0.15, 0.2) is 0 Å². The summed E-state index contributed by atoms with van der Waals surface area (Å²) < 4.78 is 0. The van der Waals surface area contributed by atoms with E-state index in [1.165, 1.54) is 17.0 Å². The maximum atomic E-state index is 11.8. The highest BCUT2D eigenvalue weighted by atomic mass is 16.4. The SMILES string of the molecule is O=C(O)c1ccccc1C(=O)N1CC(O)C1. The summed E-state index contributed by atoms with van der Waals surface area (Å²) in [5.41, 5.74) is 0.163. The molecular formula is C11H11NO4. The highest BCUT2D eigenvalue weighted by molar-refractivity contribution is 6.05. The number of nitrogens with zero attached hydrogens (tertiary/aromatic N) is 1. The zero-order chi connectivity index (χ0) is 11.7. The first-order valence-corrected chi connectivity index (χ1v) is 4.89. The van der Waals surface area contributed by atoms with Crippen LogP contribution in [-0.4, -0.2) is 46.2 Å². The number of carbonyl (C=O) groups is 2. The van der Waals surface area contributed by atoms with Gasteiger partial charge in [0.05, 0.1) is 17.2 Å². The summed E-state index contributed by atoms with van der Waals surface area (Å²) in [6, 6.07) is 6.07. The predicted octanol–water partition coefficient (Wildman–Crippen LogP) is 0.202. The normalized spacial score (nSPS) is 15.7. The van der Waals surface area contributed by atoms with Crippen LogP contribution >= 0.6 is 0 Å². The van der Waals surface area contributed by atoms with Crippen LogP contribution < -0.4 is 0 Å². The van der Waals surface area contributed by atoms with Gasteiger partial charge in [0, 0.05) is 13.1 Å². The van der Waals surface area contributed by atoms with Crippen molar-refractivity contribution < 1.29 is 19.8 Å². The molecule has 1 aliphatic rings. The molecule has 1 fully saturated rings. The summed E-state index contributed by atoms with van der Waals surface area (Å²) in [6.07, 6.45) is -0.485. The number of carbonyl (C=O) groups excluding carboxylic acids is 1. The Balaban J connectivity index is 2.26. The second-order valence-corrected chi connectivity index (χ2v) is 3.71. The third-order valence-electron chi connectivity index (χ3n) is 2.54. The molecule has 84 valence electrons. The number of amides is 1. The minimum Gasteiger partial charge on any atom is -0.478 e. The Hall–Kier alpha value is -1.88. The molecule has 1 aromatic carbocycles. The Morgan fingerprint density at radius 3 is 2.25 bits per heavy atom. The van der Waals surface area contributed by atoms with E-state index < -0.39 is 12.1 Å². The second kappa shape index (κ2) is 3.94. The highest BCUT2D eigenvalue weighted by Crippen LogP contribution is 2.16. The number of hydrogen-bond donors (Lipinski definition) is 2. The van der Waals surface area contributed by atoms with E-state index in [4.69, 9.17) is 10.2 Å². The Labute approximate surface area is 91.9 Å². The Morgan fingerprint density at radius 2 is 1.75 bits per heavy atom. The quantitative estimate of drug-likeness (QED) is 0.747. The lowest BCUT2D eigenvalue weighted by Gasteiger charge is -2.36. The predicted molar refractivity (Wildman–Crippen MR) is 55.3 cm³/mol. The maximum absolute atomic E-state index is 11.8. The van der Waals surface area contributed by atoms with E-state index >= 15 is 0 Å². The molecule has 2 rings (SSSR count). The van der Waals surface area contributed by atoms with Gasteiger partial charge >= 0.3 is 5.97 Å². The van der Waals surface area contributed by atoms with Crippen LogP contribution in [0.1, 0.15) is 20.7 Å². The van der Waals surface area contributed by atoms with Crippen LogP contribution in [-0.2, 0) is 0 Å². The fourth-order valence-corrected chi connectivity index (χ4v) is 1.65. The molecule has 0 bridgehead atoms. The minimum absolute atomic E-state index is 0.00566. The van der Waals surface area contributed by atoms with Gasteiger partial charge in [0.2, 0.25) is 0 Å². The Morgan fingerprint density at radius 1 is 1.19 bits per heavy atom. The lowest BCUT2D eigenvalue weighted by molar-refractivity contribution is 0.00575. The molecule has 0 radical (unpaired) electrons. The molecule has 0 aliphatic carbocycles. The van der Waals surface area contributed by atoms with Gasteiger partial charge in [-0.1, -0.05) is 12.1 Å². The first-order valence-electron chi connectivity index (χ1n) is 4.89. The number of benzene rings is 1. The van der Waals surface area contributed by atoms with Gasteiger partial charge in [-0.25, -0.2) is 4.79 Å². The van der Waals surface area contributed by atoms with Gasteiger partial charge in [-0.2, -0.15) is 0 Å².